The van der Waals surface area contributed by atoms with Gasteiger partial charge in [0.1, 0.15) is 0 Å². The second kappa shape index (κ2) is 7.80. The second-order valence-electron chi connectivity index (χ2n) is 2.83. The van der Waals surface area contributed by atoms with Crippen LogP contribution in [-0.2, 0) is 4.79 Å². The van der Waals surface area contributed by atoms with Crippen molar-refractivity contribution in [1.29, 1.82) is 0 Å². The molecule has 0 saturated heterocycles. The Balaban J connectivity index is 2.96. The molecule has 0 fully saturated rings. The first-order chi connectivity index (χ1) is 5.63. The van der Waals surface area contributed by atoms with Crippen molar-refractivity contribution in [2.45, 2.75) is 43.1 Å². The molecule has 0 bridgehead atoms. The molecule has 72 valence electrons. The molecular weight excluding hydrogens is 192 g/mol. The molecule has 0 heterocycles. The average Bonchev–Trinajstić information content (AvgIpc) is 1.95. The third-order valence-corrected chi connectivity index (χ3v) is 2.12. The summed E-state index contributed by atoms with van der Waals surface area (Å²) in [6, 6.07) is 0. The lowest BCUT2D eigenvalue weighted by molar-refractivity contribution is -0.137. The van der Waals surface area contributed by atoms with E-state index in [1.54, 1.807) is 0 Å². The molecule has 0 atom stereocenters. The van der Waals surface area contributed by atoms with Crippen LogP contribution in [0.3, 0.4) is 0 Å². The van der Waals surface area contributed by atoms with Gasteiger partial charge in [0, 0.05) is 11.0 Å². The zero-order valence-electron chi connectivity index (χ0n) is 7.07. The van der Waals surface area contributed by atoms with Crippen molar-refractivity contribution in [2.75, 3.05) is 0 Å². The predicted molar refractivity (Wildman–Crippen MR) is 57.1 cm³/mol. The maximum atomic E-state index is 10.1. The summed E-state index contributed by atoms with van der Waals surface area (Å²) < 4.78 is 0.171. The highest BCUT2D eigenvalue weighted by atomic mass is 32.2. The minimum atomic E-state index is -0.698. The number of carboxylic acid groups (broad SMARTS) is 1. The highest BCUT2D eigenvalue weighted by Crippen LogP contribution is 2.12. The van der Waals surface area contributed by atoms with E-state index in [1.807, 2.05) is 0 Å². The van der Waals surface area contributed by atoms with Gasteiger partial charge in [0.25, 0.3) is 0 Å². The normalized spacial score (nSPS) is 10.6. The van der Waals surface area contributed by atoms with Crippen LogP contribution in [0.2, 0.25) is 0 Å². The van der Waals surface area contributed by atoms with Crippen molar-refractivity contribution in [3.05, 3.63) is 0 Å². The van der Waals surface area contributed by atoms with E-state index in [-0.39, 0.29) is 4.58 Å². The van der Waals surface area contributed by atoms with E-state index in [0.717, 1.165) is 32.1 Å². The Morgan fingerprint density at radius 3 is 2.25 bits per heavy atom. The molecule has 2 nitrogen and oxygen atoms in total. The number of carbonyl (C=O) groups is 1. The standard InChI is InChI=1S/C8H16O2S2/c9-7(10)5-3-1-2-4-6-8(11)12/h8,11-12H,1-6H2,(H,9,10). The van der Waals surface area contributed by atoms with Crippen molar-refractivity contribution in [3.8, 4) is 0 Å². The Labute approximate surface area is 84.6 Å². The zero-order chi connectivity index (χ0) is 9.40. The van der Waals surface area contributed by atoms with Gasteiger partial charge in [0.15, 0.2) is 0 Å². The number of aliphatic carboxylic acids is 1. The van der Waals surface area contributed by atoms with Gasteiger partial charge in [-0.3, -0.25) is 4.79 Å². The second-order valence-corrected chi connectivity index (χ2v) is 4.48. The van der Waals surface area contributed by atoms with E-state index in [9.17, 15) is 4.79 Å². The molecule has 0 amide bonds. The SMILES string of the molecule is O=C(O)CCCCCCC(S)S. The number of thiol groups is 2. The van der Waals surface area contributed by atoms with E-state index in [0.29, 0.717) is 6.42 Å². The summed E-state index contributed by atoms with van der Waals surface area (Å²) in [5, 5.41) is 8.33. The molecule has 0 aromatic rings. The van der Waals surface area contributed by atoms with Gasteiger partial charge in [-0.25, -0.2) is 0 Å². The van der Waals surface area contributed by atoms with Gasteiger partial charge in [-0.1, -0.05) is 19.3 Å². The van der Waals surface area contributed by atoms with Crippen LogP contribution in [0.5, 0.6) is 0 Å². The fourth-order valence-corrected chi connectivity index (χ4v) is 1.32. The third kappa shape index (κ3) is 10.2. The molecule has 1 N–H and O–H groups in total. The van der Waals surface area contributed by atoms with E-state index < -0.39 is 5.97 Å². The summed E-state index contributed by atoms with van der Waals surface area (Å²) in [4.78, 5) is 10.1. The zero-order valence-corrected chi connectivity index (χ0v) is 8.86. The molecule has 0 spiro atoms. The number of carboxylic acids is 1. The summed E-state index contributed by atoms with van der Waals surface area (Å²) in [6.07, 6.45) is 5.27. The molecule has 0 aromatic carbocycles. The maximum absolute atomic E-state index is 10.1. The molecule has 0 saturated carbocycles. The van der Waals surface area contributed by atoms with Crippen molar-refractivity contribution in [1.82, 2.24) is 0 Å². The van der Waals surface area contributed by atoms with Crippen LogP contribution in [0.1, 0.15) is 38.5 Å². The van der Waals surface area contributed by atoms with Crippen molar-refractivity contribution < 1.29 is 9.90 Å². The van der Waals surface area contributed by atoms with E-state index in [1.165, 1.54) is 0 Å². The molecule has 12 heavy (non-hydrogen) atoms. The van der Waals surface area contributed by atoms with Crippen LogP contribution >= 0.6 is 25.3 Å². The average molecular weight is 208 g/mol. The summed E-state index contributed by atoms with van der Waals surface area (Å²) in [6.45, 7) is 0. The van der Waals surface area contributed by atoms with Gasteiger partial charge in [0.05, 0.1) is 0 Å². The Morgan fingerprint density at radius 1 is 1.17 bits per heavy atom. The van der Waals surface area contributed by atoms with Crippen LogP contribution in [-0.4, -0.2) is 15.7 Å². The molecule has 4 heteroatoms. The van der Waals surface area contributed by atoms with Gasteiger partial charge in [-0.15, -0.1) is 0 Å². The molecule has 0 radical (unpaired) electrons. The summed E-state index contributed by atoms with van der Waals surface area (Å²) in [5.74, 6) is -0.698. The smallest absolute Gasteiger partial charge is 0.303 e. The predicted octanol–water partition coefficient (Wildman–Crippen LogP) is 2.60. The quantitative estimate of drug-likeness (QED) is 0.342. The monoisotopic (exact) mass is 208 g/mol. The molecule has 0 aliphatic rings. The number of unbranched alkanes of at least 4 members (excludes halogenated alkanes) is 3. The Kier molecular flexibility index (Phi) is 7.91. The lowest BCUT2D eigenvalue weighted by Gasteiger charge is -2.01. The summed E-state index contributed by atoms with van der Waals surface area (Å²) >= 11 is 8.25. The van der Waals surface area contributed by atoms with Gasteiger partial charge in [-0.05, 0) is 12.8 Å². The summed E-state index contributed by atoms with van der Waals surface area (Å²) in [5.41, 5.74) is 0. The highest BCUT2D eigenvalue weighted by molar-refractivity contribution is 7.99. The van der Waals surface area contributed by atoms with Crippen LogP contribution < -0.4 is 0 Å². The number of hydrogen-bond acceptors (Lipinski definition) is 3. The Hall–Kier alpha value is 0.170. The Bertz CT molecular complexity index is 126. The van der Waals surface area contributed by atoms with E-state index in [4.69, 9.17) is 5.11 Å². The van der Waals surface area contributed by atoms with Crippen LogP contribution in [0.4, 0.5) is 0 Å². The number of hydrogen-bond donors (Lipinski definition) is 3. The molecule has 0 aliphatic carbocycles. The lowest BCUT2D eigenvalue weighted by Crippen LogP contribution is -1.94. The fourth-order valence-electron chi connectivity index (χ4n) is 0.957. The topological polar surface area (TPSA) is 37.3 Å². The lowest BCUT2D eigenvalue weighted by atomic mass is 10.1. The van der Waals surface area contributed by atoms with Gasteiger partial charge < -0.3 is 5.11 Å². The maximum Gasteiger partial charge on any atom is 0.303 e. The molecule has 0 aromatic heterocycles. The van der Waals surface area contributed by atoms with Crippen molar-refractivity contribution in [3.63, 3.8) is 0 Å². The first-order valence-corrected chi connectivity index (χ1v) is 5.24. The van der Waals surface area contributed by atoms with Gasteiger partial charge in [-0.2, -0.15) is 25.3 Å². The minimum Gasteiger partial charge on any atom is -0.481 e. The molecule has 0 aliphatic heterocycles. The van der Waals surface area contributed by atoms with E-state index >= 15 is 0 Å². The first-order valence-electron chi connectivity index (χ1n) is 4.21. The first kappa shape index (κ1) is 12.2. The van der Waals surface area contributed by atoms with E-state index in [2.05, 4.69) is 25.3 Å². The minimum absolute atomic E-state index is 0.171. The fraction of sp³-hybridized carbons (Fsp3) is 0.875. The highest BCUT2D eigenvalue weighted by Gasteiger charge is 1.97. The largest absolute Gasteiger partial charge is 0.481 e. The van der Waals surface area contributed by atoms with Crippen molar-refractivity contribution >= 4 is 31.2 Å². The summed E-state index contributed by atoms with van der Waals surface area (Å²) in [7, 11) is 0. The van der Waals surface area contributed by atoms with Gasteiger partial charge >= 0.3 is 5.97 Å². The molecule has 0 rings (SSSR count). The van der Waals surface area contributed by atoms with Crippen LogP contribution in [0, 0.1) is 0 Å². The third-order valence-electron chi connectivity index (χ3n) is 1.60. The molecule has 0 unspecified atom stereocenters. The number of rotatable bonds is 7. The Morgan fingerprint density at radius 2 is 1.75 bits per heavy atom. The van der Waals surface area contributed by atoms with Crippen LogP contribution in [0.15, 0.2) is 0 Å². The van der Waals surface area contributed by atoms with Crippen molar-refractivity contribution in [2.24, 2.45) is 0 Å². The molecular formula is C8H16O2S2. The van der Waals surface area contributed by atoms with Crippen LogP contribution in [0.25, 0.3) is 0 Å². The van der Waals surface area contributed by atoms with Gasteiger partial charge in [0.2, 0.25) is 0 Å².